The van der Waals surface area contributed by atoms with E-state index in [2.05, 4.69) is 24.8 Å². The highest BCUT2D eigenvalue weighted by Gasteiger charge is 2.54. The molecule has 6 heteroatoms. The molecule has 2 aromatic rings. The molecule has 0 atom stereocenters. The first-order valence-corrected chi connectivity index (χ1v) is 9.11. The van der Waals surface area contributed by atoms with Gasteiger partial charge in [0.05, 0.1) is 10.9 Å². The number of nitrogens with one attached hydrogen (secondary N) is 1. The van der Waals surface area contributed by atoms with Crippen LogP contribution in [0.15, 0.2) is 18.6 Å². The van der Waals surface area contributed by atoms with Gasteiger partial charge in [0.1, 0.15) is 17.8 Å². The van der Waals surface area contributed by atoms with Crippen LogP contribution in [0.3, 0.4) is 0 Å². The van der Waals surface area contributed by atoms with Crippen LogP contribution in [-0.2, 0) is 4.79 Å². The Balaban J connectivity index is 1.40. The summed E-state index contributed by atoms with van der Waals surface area (Å²) in [6.45, 7) is 2.59. The van der Waals surface area contributed by atoms with Gasteiger partial charge < -0.3 is 14.8 Å². The quantitative estimate of drug-likeness (QED) is 0.920. The van der Waals surface area contributed by atoms with Crippen LogP contribution in [0.25, 0.3) is 11.0 Å². The monoisotopic (exact) mass is 325 g/mol. The highest BCUT2D eigenvalue weighted by molar-refractivity contribution is 5.87. The van der Waals surface area contributed by atoms with Crippen molar-refractivity contribution in [3.8, 4) is 0 Å². The summed E-state index contributed by atoms with van der Waals surface area (Å²) in [4.78, 5) is 29.5. The molecule has 5 rings (SSSR count). The van der Waals surface area contributed by atoms with Crippen molar-refractivity contribution < 1.29 is 4.79 Å². The van der Waals surface area contributed by atoms with Crippen LogP contribution in [0.1, 0.15) is 38.5 Å². The minimum atomic E-state index is 0.0610. The number of aromatic nitrogens is 3. The maximum Gasteiger partial charge on any atom is 0.226 e. The van der Waals surface area contributed by atoms with Gasteiger partial charge >= 0.3 is 0 Å². The molecule has 3 fully saturated rings. The summed E-state index contributed by atoms with van der Waals surface area (Å²) in [6, 6.07) is 2.04. The topological polar surface area (TPSA) is 65.1 Å². The third-order valence-corrected chi connectivity index (χ3v) is 6.08. The number of carbonyl (C=O) groups is 1. The molecular formula is C18H23N5O. The first-order chi connectivity index (χ1) is 11.8. The van der Waals surface area contributed by atoms with Gasteiger partial charge in [-0.05, 0) is 31.7 Å². The van der Waals surface area contributed by atoms with Gasteiger partial charge in [-0.1, -0.05) is 12.8 Å². The van der Waals surface area contributed by atoms with Crippen LogP contribution in [-0.4, -0.2) is 50.9 Å². The first-order valence-electron chi connectivity index (χ1n) is 9.11. The van der Waals surface area contributed by atoms with E-state index in [9.17, 15) is 4.79 Å². The molecule has 0 unspecified atom stereocenters. The molecule has 1 saturated heterocycles. The summed E-state index contributed by atoms with van der Waals surface area (Å²) in [5, 5.41) is 1.07. The summed E-state index contributed by atoms with van der Waals surface area (Å²) in [5.41, 5.74) is 0.945. The Labute approximate surface area is 141 Å². The van der Waals surface area contributed by atoms with Gasteiger partial charge in [-0.2, -0.15) is 0 Å². The average molecular weight is 325 g/mol. The van der Waals surface area contributed by atoms with E-state index in [1.165, 1.54) is 12.8 Å². The van der Waals surface area contributed by atoms with Crippen molar-refractivity contribution >= 4 is 22.8 Å². The van der Waals surface area contributed by atoms with E-state index >= 15 is 0 Å². The molecule has 2 aliphatic carbocycles. The molecule has 3 heterocycles. The molecule has 3 aliphatic rings. The van der Waals surface area contributed by atoms with Crippen molar-refractivity contribution in [1.29, 1.82) is 0 Å². The van der Waals surface area contributed by atoms with E-state index in [1.807, 2.05) is 12.3 Å². The molecule has 24 heavy (non-hydrogen) atoms. The van der Waals surface area contributed by atoms with E-state index in [0.29, 0.717) is 5.91 Å². The minimum Gasteiger partial charge on any atom is -0.352 e. The van der Waals surface area contributed by atoms with Crippen LogP contribution < -0.4 is 4.90 Å². The molecule has 2 aromatic heterocycles. The lowest BCUT2D eigenvalue weighted by atomic mass is 10.0. The molecule has 2 saturated carbocycles. The number of hydrogen-bond donors (Lipinski definition) is 1. The van der Waals surface area contributed by atoms with Crippen molar-refractivity contribution in [3.63, 3.8) is 0 Å². The van der Waals surface area contributed by atoms with Crippen LogP contribution in [0.2, 0.25) is 0 Å². The van der Waals surface area contributed by atoms with E-state index in [4.69, 9.17) is 0 Å². The largest absolute Gasteiger partial charge is 0.352 e. The minimum absolute atomic E-state index is 0.0610. The molecule has 0 bridgehead atoms. The number of H-pyrrole nitrogens is 1. The number of rotatable bonds is 2. The third-order valence-electron chi connectivity index (χ3n) is 6.08. The lowest BCUT2D eigenvalue weighted by Gasteiger charge is -2.43. The number of hydrogen-bond acceptors (Lipinski definition) is 4. The fourth-order valence-corrected chi connectivity index (χ4v) is 4.58. The summed E-state index contributed by atoms with van der Waals surface area (Å²) < 4.78 is 0. The maximum atomic E-state index is 12.9. The normalized spacial score (nSPS) is 23.3. The standard InChI is InChI=1S/C18H23N5O/c24-17(13-3-1-2-4-13)23-10-9-22(11-18(23)6-7-18)16-14-5-8-19-15(14)20-12-21-16/h5,8,12-13H,1-4,6-7,9-11H2,(H,19,20,21). The molecule has 1 spiro atoms. The van der Waals surface area contributed by atoms with Crippen LogP contribution in [0.5, 0.6) is 0 Å². The van der Waals surface area contributed by atoms with Crippen molar-refractivity contribution in [1.82, 2.24) is 19.9 Å². The first kappa shape index (κ1) is 14.3. The van der Waals surface area contributed by atoms with Gasteiger partial charge in [0, 0.05) is 31.7 Å². The number of fused-ring (bicyclic) bond motifs is 1. The van der Waals surface area contributed by atoms with Gasteiger partial charge in [-0.15, -0.1) is 0 Å². The maximum absolute atomic E-state index is 12.9. The lowest BCUT2D eigenvalue weighted by molar-refractivity contribution is -0.139. The zero-order chi connectivity index (χ0) is 16.1. The fourth-order valence-electron chi connectivity index (χ4n) is 4.58. The number of anilines is 1. The molecule has 0 aromatic carbocycles. The highest BCUT2D eigenvalue weighted by Crippen LogP contribution is 2.46. The van der Waals surface area contributed by atoms with Crippen molar-refractivity contribution in [2.24, 2.45) is 5.92 Å². The second-order valence-corrected chi connectivity index (χ2v) is 7.55. The van der Waals surface area contributed by atoms with E-state index < -0.39 is 0 Å². The lowest BCUT2D eigenvalue weighted by Crippen LogP contribution is -2.58. The van der Waals surface area contributed by atoms with E-state index in [0.717, 1.165) is 62.2 Å². The Bertz CT molecular complexity index is 775. The SMILES string of the molecule is O=C(C1CCCC1)N1CCN(c2ncnc3[nH]ccc23)CC12CC2. The molecule has 1 N–H and O–H groups in total. The number of carbonyl (C=O) groups excluding carboxylic acids is 1. The summed E-state index contributed by atoms with van der Waals surface area (Å²) in [7, 11) is 0. The number of aromatic amines is 1. The molecule has 6 nitrogen and oxygen atoms in total. The molecule has 1 amide bonds. The summed E-state index contributed by atoms with van der Waals surface area (Å²) >= 11 is 0. The Morgan fingerprint density at radius 2 is 2.04 bits per heavy atom. The van der Waals surface area contributed by atoms with Gasteiger partial charge in [0.15, 0.2) is 0 Å². The molecule has 0 radical (unpaired) electrons. The van der Waals surface area contributed by atoms with Crippen LogP contribution in [0.4, 0.5) is 5.82 Å². The predicted molar refractivity (Wildman–Crippen MR) is 91.7 cm³/mol. The van der Waals surface area contributed by atoms with Crippen molar-refractivity contribution in [2.45, 2.75) is 44.1 Å². The number of amides is 1. The number of nitrogens with zero attached hydrogens (tertiary/aromatic N) is 4. The van der Waals surface area contributed by atoms with Crippen LogP contribution >= 0.6 is 0 Å². The Hall–Kier alpha value is -2.11. The third kappa shape index (κ3) is 2.12. The molecular weight excluding hydrogens is 302 g/mol. The van der Waals surface area contributed by atoms with Gasteiger partial charge in [-0.3, -0.25) is 4.79 Å². The van der Waals surface area contributed by atoms with Gasteiger partial charge in [-0.25, -0.2) is 9.97 Å². The second kappa shape index (κ2) is 5.19. The van der Waals surface area contributed by atoms with Crippen molar-refractivity contribution in [3.05, 3.63) is 18.6 Å². The average Bonchev–Trinajstić information content (AvgIpc) is 3.07. The zero-order valence-electron chi connectivity index (χ0n) is 13.9. The van der Waals surface area contributed by atoms with E-state index in [-0.39, 0.29) is 11.5 Å². The van der Waals surface area contributed by atoms with Gasteiger partial charge in [0.25, 0.3) is 0 Å². The number of piperazine rings is 1. The zero-order valence-corrected chi connectivity index (χ0v) is 13.9. The molecule has 1 aliphatic heterocycles. The Kier molecular flexibility index (Phi) is 3.08. The fraction of sp³-hybridized carbons (Fsp3) is 0.611. The summed E-state index contributed by atoms with van der Waals surface area (Å²) in [5.74, 6) is 1.70. The predicted octanol–water partition coefficient (Wildman–Crippen LogP) is 2.33. The molecule has 126 valence electrons. The Morgan fingerprint density at radius 3 is 2.83 bits per heavy atom. The van der Waals surface area contributed by atoms with Crippen LogP contribution in [0, 0.1) is 5.92 Å². The Morgan fingerprint density at radius 1 is 1.21 bits per heavy atom. The van der Waals surface area contributed by atoms with Crippen molar-refractivity contribution in [2.75, 3.05) is 24.5 Å². The van der Waals surface area contributed by atoms with Gasteiger partial charge in [0.2, 0.25) is 5.91 Å². The van der Waals surface area contributed by atoms with E-state index in [1.54, 1.807) is 6.33 Å². The highest BCUT2D eigenvalue weighted by atomic mass is 16.2. The second-order valence-electron chi connectivity index (χ2n) is 7.55. The smallest absolute Gasteiger partial charge is 0.226 e. The summed E-state index contributed by atoms with van der Waals surface area (Å²) in [6.07, 6.45) is 10.4.